The molecule has 88 valence electrons. The van der Waals surface area contributed by atoms with Gasteiger partial charge in [0, 0.05) is 6.07 Å². The monoisotopic (exact) mass is 272 g/mol. The van der Waals surface area contributed by atoms with Gasteiger partial charge in [-0.1, -0.05) is 29.3 Å². The van der Waals surface area contributed by atoms with Crippen molar-refractivity contribution in [3.05, 3.63) is 50.4 Å². The van der Waals surface area contributed by atoms with Gasteiger partial charge in [-0.25, -0.2) is 9.48 Å². The van der Waals surface area contributed by atoms with Gasteiger partial charge in [-0.2, -0.15) is 0 Å². The molecule has 2 rings (SSSR count). The summed E-state index contributed by atoms with van der Waals surface area (Å²) in [5, 5.41) is 11.6. The van der Waals surface area contributed by atoms with E-state index < -0.39 is 11.5 Å². The van der Waals surface area contributed by atoms with Crippen molar-refractivity contribution in [2.24, 2.45) is 0 Å². The molecular weight excluding hydrogens is 267 g/mol. The van der Waals surface area contributed by atoms with Crippen LogP contribution in [0.4, 0.5) is 0 Å². The molecule has 0 aliphatic carbocycles. The molecule has 0 aliphatic heterocycles. The number of hydrogen-bond donors (Lipinski definition) is 2. The van der Waals surface area contributed by atoms with Gasteiger partial charge >= 0.3 is 5.97 Å². The molecule has 0 saturated heterocycles. The first-order chi connectivity index (χ1) is 8.00. The van der Waals surface area contributed by atoms with E-state index in [-0.39, 0.29) is 15.7 Å². The first kappa shape index (κ1) is 11.8. The molecule has 0 spiro atoms. The normalized spacial score (nSPS) is 10.5. The van der Waals surface area contributed by atoms with Gasteiger partial charge in [0.2, 0.25) is 0 Å². The molecule has 0 atom stereocenters. The van der Waals surface area contributed by atoms with Gasteiger partial charge < -0.3 is 5.11 Å². The molecule has 5 nitrogen and oxygen atoms in total. The Balaban J connectivity index is 2.65. The third-order valence-corrected chi connectivity index (χ3v) is 2.93. The van der Waals surface area contributed by atoms with E-state index in [1.54, 1.807) is 18.2 Å². The zero-order valence-electron chi connectivity index (χ0n) is 8.28. The second-order valence-corrected chi connectivity index (χ2v) is 4.01. The number of aromatic amines is 1. The molecule has 0 saturated carbocycles. The van der Waals surface area contributed by atoms with E-state index in [1.165, 1.54) is 0 Å². The van der Waals surface area contributed by atoms with E-state index in [4.69, 9.17) is 28.3 Å². The topological polar surface area (TPSA) is 75.1 Å². The van der Waals surface area contributed by atoms with Crippen molar-refractivity contribution in [2.75, 3.05) is 0 Å². The number of benzene rings is 1. The Kier molecular flexibility index (Phi) is 2.95. The average Bonchev–Trinajstić information content (AvgIpc) is 2.65. The molecule has 1 aromatic heterocycles. The minimum Gasteiger partial charge on any atom is -0.477 e. The maximum absolute atomic E-state index is 11.6. The van der Waals surface area contributed by atoms with Crippen LogP contribution in [0.5, 0.6) is 0 Å². The number of aromatic nitrogens is 2. The van der Waals surface area contributed by atoms with Crippen molar-refractivity contribution in [3.63, 3.8) is 0 Å². The molecule has 2 aromatic rings. The van der Waals surface area contributed by atoms with E-state index in [2.05, 4.69) is 5.10 Å². The van der Waals surface area contributed by atoms with Crippen LogP contribution in [0.15, 0.2) is 29.1 Å². The van der Waals surface area contributed by atoms with Crippen molar-refractivity contribution in [1.29, 1.82) is 0 Å². The molecule has 0 bridgehead atoms. The summed E-state index contributed by atoms with van der Waals surface area (Å²) in [5.41, 5.74) is -0.436. The number of carboxylic acids is 1. The number of rotatable bonds is 2. The Hall–Kier alpha value is -1.72. The minimum atomic E-state index is -1.22. The lowest BCUT2D eigenvalue weighted by Gasteiger charge is -2.05. The van der Waals surface area contributed by atoms with E-state index in [1.807, 2.05) is 0 Å². The fourth-order valence-electron chi connectivity index (χ4n) is 1.35. The fourth-order valence-corrected chi connectivity index (χ4v) is 1.73. The summed E-state index contributed by atoms with van der Waals surface area (Å²) in [5.74, 6) is -1.22. The van der Waals surface area contributed by atoms with Crippen LogP contribution in [0.3, 0.4) is 0 Å². The fraction of sp³-hybridized carbons (Fsp3) is 0. The molecule has 2 N–H and O–H groups in total. The molecule has 0 aliphatic rings. The van der Waals surface area contributed by atoms with Gasteiger partial charge in [0.1, 0.15) is 5.69 Å². The number of hydrogen-bond acceptors (Lipinski definition) is 2. The van der Waals surface area contributed by atoms with Crippen molar-refractivity contribution < 1.29 is 9.90 Å². The summed E-state index contributed by atoms with van der Waals surface area (Å²) in [7, 11) is 0. The first-order valence-corrected chi connectivity index (χ1v) is 5.26. The molecule has 1 aromatic carbocycles. The molecule has 1 heterocycles. The quantitative estimate of drug-likeness (QED) is 0.880. The largest absolute Gasteiger partial charge is 0.477 e. The van der Waals surface area contributed by atoms with Crippen molar-refractivity contribution >= 4 is 29.2 Å². The summed E-state index contributed by atoms with van der Waals surface area (Å²) in [6.45, 7) is 0. The van der Waals surface area contributed by atoms with Crippen LogP contribution in [0.1, 0.15) is 10.5 Å². The number of nitrogens with zero attached hydrogens (tertiary/aromatic N) is 1. The Morgan fingerprint density at radius 1 is 1.35 bits per heavy atom. The first-order valence-electron chi connectivity index (χ1n) is 4.50. The lowest BCUT2D eigenvalue weighted by Crippen LogP contribution is -2.13. The van der Waals surface area contributed by atoms with Crippen LogP contribution < -0.4 is 5.56 Å². The lowest BCUT2D eigenvalue weighted by molar-refractivity contribution is 0.0690. The van der Waals surface area contributed by atoms with Gasteiger partial charge in [-0.15, -0.1) is 0 Å². The van der Waals surface area contributed by atoms with Gasteiger partial charge in [0.15, 0.2) is 0 Å². The smallest absolute Gasteiger partial charge is 0.353 e. The number of H-pyrrole nitrogens is 1. The van der Waals surface area contributed by atoms with Crippen LogP contribution in [0, 0.1) is 0 Å². The van der Waals surface area contributed by atoms with Crippen molar-refractivity contribution in [2.45, 2.75) is 0 Å². The number of nitrogens with one attached hydrogen (secondary N) is 1. The number of aromatic carboxylic acids is 1. The number of carboxylic acid groups (broad SMARTS) is 1. The highest BCUT2D eigenvalue weighted by molar-refractivity contribution is 6.43. The maximum atomic E-state index is 11.6. The van der Waals surface area contributed by atoms with Crippen LogP contribution in [0.2, 0.25) is 10.0 Å². The molecule has 0 unspecified atom stereocenters. The third-order valence-electron chi connectivity index (χ3n) is 2.12. The Morgan fingerprint density at radius 3 is 2.65 bits per heavy atom. The summed E-state index contributed by atoms with van der Waals surface area (Å²) < 4.78 is 1.03. The molecule has 0 fully saturated rings. The summed E-state index contributed by atoms with van der Waals surface area (Å²) >= 11 is 11.7. The zero-order chi connectivity index (χ0) is 12.6. The Labute approximate surface area is 105 Å². The Bertz CT molecular complexity index is 645. The maximum Gasteiger partial charge on any atom is 0.353 e. The highest BCUT2D eigenvalue weighted by Gasteiger charge is 2.13. The SMILES string of the molecule is O=C(O)c1cc(=O)n(-c2cccc(Cl)c2Cl)[nH]1. The number of carbonyl (C=O) groups is 1. The molecule has 0 radical (unpaired) electrons. The van der Waals surface area contributed by atoms with Crippen molar-refractivity contribution in [1.82, 2.24) is 9.78 Å². The summed E-state index contributed by atoms with van der Waals surface area (Å²) in [6, 6.07) is 5.70. The standard InChI is InChI=1S/C10H6Cl2N2O3/c11-5-2-1-3-7(9(5)12)14-8(15)4-6(13-14)10(16)17/h1-4,13H,(H,16,17). The predicted molar refractivity (Wildman–Crippen MR) is 63.4 cm³/mol. The van der Waals surface area contributed by atoms with Crippen LogP contribution in [0.25, 0.3) is 5.69 Å². The lowest BCUT2D eigenvalue weighted by atomic mass is 10.3. The third kappa shape index (κ3) is 2.07. The predicted octanol–water partition coefficient (Wildman–Crippen LogP) is 2.17. The van der Waals surface area contributed by atoms with E-state index >= 15 is 0 Å². The van der Waals surface area contributed by atoms with Gasteiger partial charge in [-0.05, 0) is 12.1 Å². The van der Waals surface area contributed by atoms with Gasteiger partial charge in [0.05, 0.1) is 15.7 Å². The number of halogens is 2. The highest BCUT2D eigenvalue weighted by Crippen LogP contribution is 2.27. The molecule has 7 heteroatoms. The van der Waals surface area contributed by atoms with E-state index in [9.17, 15) is 9.59 Å². The second kappa shape index (κ2) is 4.27. The average molecular weight is 273 g/mol. The van der Waals surface area contributed by atoms with Gasteiger partial charge in [0.25, 0.3) is 5.56 Å². The summed E-state index contributed by atoms with van der Waals surface area (Å²) in [6.07, 6.45) is 0. The van der Waals surface area contributed by atoms with Gasteiger partial charge in [-0.3, -0.25) is 9.89 Å². The van der Waals surface area contributed by atoms with Crippen LogP contribution in [-0.4, -0.2) is 20.9 Å². The zero-order valence-corrected chi connectivity index (χ0v) is 9.79. The molecular formula is C10H6Cl2N2O3. The summed E-state index contributed by atoms with van der Waals surface area (Å²) in [4.78, 5) is 22.3. The van der Waals surface area contributed by atoms with E-state index in [0.717, 1.165) is 10.7 Å². The van der Waals surface area contributed by atoms with E-state index in [0.29, 0.717) is 5.69 Å². The van der Waals surface area contributed by atoms with Crippen LogP contribution >= 0.6 is 23.2 Å². The molecule has 0 amide bonds. The minimum absolute atomic E-state index is 0.176. The van der Waals surface area contributed by atoms with Crippen LogP contribution in [-0.2, 0) is 0 Å². The molecule has 17 heavy (non-hydrogen) atoms. The second-order valence-electron chi connectivity index (χ2n) is 3.22. The Morgan fingerprint density at radius 2 is 2.06 bits per heavy atom. The highest BCUT2D eigenvalue weighted by atomic mass is 35.5. The van der Waals surface area contributed by atoms with Crippen molar-refractivity contribution in [3.8, 4) is 5.69 Å².